The quantitative estimate of drug-likeness (QED) is 0.691. The molecule has 8 nitrogen and oxygen atoms in total. The van der Waals surface area contributed by atoms with E-state index in [0.29, 0.717) is 12.1 Å². The van der Waals surface area contributed by atoms with Gasteiger partial charge < -0.3 is 15.5 Å². The molecule has 1 fully saturated rings. The molecule has 1 saturated heterocycles. The average Bonchev–Trinajstić information content (AvgIpc) is 2.84. The Kier molecular flexibility index (Phi) is 6.20. The number of amides is 5. The van der Waals surface area contributed by atoms with Gasteiger partial charge in [0.1, 0.15) is 12.1 Å². The summed E-state index contributed by atoms with van der Waals surface area (Å²) >= 11 is 0. The second kappa shape index (κ2) is 8.20. The van der Waals surface area contributed by atoms with Crippen molar-refractivity contribution >= 4 is 23.8 Å². The van der Waals surface area contributed by atoms with E-state index in [9.17, 15) is 19.2 Å². The zero-order valence-corrected chi connectivity index (χ0v) is 16.1. The van der Waals surface area contributed by atoms with Gasteiger partial charge in [-0.15, -0.1) is 0 Å². The zero-order valence-electron chi connectivity index (χ0n) is 16.1. The lowest BCUT2D eigenvalue weighted by atomic mass is 9.92. The van der Waals surface area contributed by atoms with Crippen LogP contribution in [-0.2, 0) is 19.9 Å². The second-order valence-corrected chi connectivity index (χ2v) is 6.94. The summed E-state index contributed by atoms with van der Waals surface area (Å²) in [4.78, 5) is 51.9. The van der Waals surface area contributed by atoms with Gasteiger partial charge in [-0.05, 0) is 33.3 Å². The van der Waals surface area contributed by atoms with Gasteiger partial charge in [0.05, 0.1) is 6.54 Å². The van der Waals surface area contributed by atoms with Crippen LogP contribution in [0.4, 0.5) is 4.79 Å². The molecule has 27 heavy (non-hydrogen) atoms. The summed E-state index contributed by atoms with van der Waals surface area (Å²) in [5.74, 6) is -1.24. The van der Waals surface area contributed by atoms with Crippen LogP contribution >= 0.6 is 0 Å². The van der Waals surface area contributed by atoms with Crippen molar-refractivity contribution in [1.82, 2.24) is 20.4 Å². The van der Waals surface area contributed by atoms with E-state index in [1.807, 2.05) is 19.9 Å². The second-order valence-electron chi connectivity index (χ2n) is 6.94. The minimum absolute atomic E-state index is 0.0381. The van der Waals surface area contributed by atoms with Crippen molar-refractivity contribution in [2.24, 2.45) is 0 Å². The van der Waals surface area contributed by atoms with E-state index in [4.69, 9.17) is 0 Å². The summed E-state index contributed by atoms with van der Waals surface area (Å²) in [6, 6.07) is 8.21. The summed E-state index contributed by atoms with van der Waals surface area (Å²) in [7, 11) is 0. The molecule has 1 heterocycles. The van der Waals surface area contributed by atoms with Crippen LogP contribution in [0.25, 0.3) is 0 Å². The molecule has 0 bridgehead atoms. The summed E-state index contributed by atoms with van der Waals surface area (Å²) in [6.45, 7) is 6.77. The molecule has 1 aromatic carbocycles. The molecule has 2 rings (SSSR count). The number of hydrogen-bond acceptors (Lipinski definition) is 4. The first kappa shape index (κ1) is 20.4. The molecule has 0 aromatic heterocycles. The third-order valence-electron chi connectivity index (χ3n) is 4.44. The fourth-order valence-corrected chi connectivity index (χ4v) is 2.96. The van der Waals surface area contributed by atoms with Crippen molar-refractivity contribution in [2.75, 3.05) is 19.6 Å². The molecule has 146 valence electrons. The maximum atomic E-state index is 12.8. The predicted octanol–water partition coefficient (Wildman–Crippen LogP) is 0.827. The normalized spacial score (nSPS) is 19.2. The molecule has 5 amide bonds. The van der Waals surface area contributed by atoms with Gasteiger partial charge in [-0.3, -0.25) is 19.3 Å². The highest BCUT2D eigenvalue weighted by molar-refractivity contribution is 6.09. The van der Waals surface area contributed by atoms with Crippen LogP contribution < -0.4 is 10.6 Å². The van der Waals surface area contributed by atoms with Gasteiger partial charge in [0.15, 0.2) is 0 Å². The first-order valence-corrected chi connectivity index (χ1v) is 8.95. The lowest BCUT2D eigenvalue weighted by molar-refractivity contribution is -0.140. The van der Waals surface area contributed by atoms with E-state index in [-0.39, 0.29) is 18.5 Å². The Morgan fingerprint density at radius 2 is 1.85 bits per heavy atom. The molecular formula is C19H26N4O4. The summed E-state index contributed by atoms with van der Waals surface area (Å²) in [5.41, 5.74) is -0.577. The number of urea groups is 1. The fraction of sp³-hybridized carbons (Fsp3) is 0.474. The summed E-state index contributed by atoms with van der Waals surface area (Å²) in [6.07, 6.45) is 0. The summed E-state index contributed by atoms with van der Waals surface area (Å²) in [5, 5.41) is 5.38. The Hall–Kier alpha value is -2.90. The van der Waals surface area contributed by atoms with Gasteiger partial charge in [-0.2, -0.15) is 0 Å². The molecular weight excluding hydrogens is 348 g/mol. The minimum Gasteiger partial charge on any atom is -0.352 e. The predicted molar refractivity (Wildman–Crippen MR) is 99.6 cm³/mol. The van der Waals surface area contributed by atoms with Crippen LogP contribution in [0.5, 0.6) is 0 Å². The number of likely N-dealkylation sites (N-methyl/N-ethyl adjacent to an activating group) is 1. The first-order valence-electron chi connectivity index (χ1n) is 8.95. The van der Waals surface area contributed by atoms with E-state index in [2.05, 4.69) is 10.6 Å². The number of carbonyl (C=O) groups is 4. The maximum absolute atomic E-state index is 12.8. The van der Waals surface area contributed by atoms with E-state index in [0.717, 1.165) is 4.90 Å². The molecule has 8 heteroatoms. The van der Waals surface area contributed by atoms with Gasteiger partial charge in [-0.1, -0.05) is 30.3 Å². The van der Waals surface area contributed by atoms with E-state index in [1.165, 1.54) is 4.90 Å². The Morgan fingerprint density at radius 3 is 2.41 bits per heavy atom. The topological polar surface area (TPSA) is 98.8 Å². The van der Waals surface area contributed by atoms with Crippen molar-refractivity contribution in [3.63, 3.8) is 0 Å². The minimum atomic E-state index is -1.22. The van der Waals surface area contributed by atoms with Gasteiger partial charge in [0.2, 0.25) is 11.8 Å². The molecule has 1 aliphatic heterocycles. The standard InChI is InChI=1S/C19H26N4O4/c1-5-22(11-15(24)20-13(2)3)16(25)12-23-17(26)19(4,21-18(23)27)14-9-7-6-8-10-14/h6-10,13H,5,11-12H2,1-4H3,(H,20,24)(H,21,27). The van der Waals surface area contributed by atoms with Crippen molar-refractivity contribution in [3.8, 4) is 0 Å². The number of rotatable bonds is 7. The molecule has 0 spiro atoms. The number of benzene rings is 1. The lowest BCUT2D eigenvalue weighted by Crippen LogP contribution is -2.48. The molecule has 0 aliphatic carbocycles. The molecule has 1 unspecified atom stereocenters. The van der Waals surface area contributed by atoms with Gasteiger partial charge >= 0.3 is 6.03 Å². The molecule has 0 saturated carbocycles. The highest BCUT2D eigenvalue weighted by Crippen LogP contribution is 2.28. The largest absolute Gasteiger partial charge is 0.352 e. The average molecular weight is 374 g/mol. The Balaban J connectivity index is 2.09. The molecule has 1 aromatic rings. The van der Waals surface area contributed by atoms with Crippen molar-refractivity contribution < 1.29 is 19.2 Å². The van der Waals surface area contributed by atoms with Gasteiger partial charge in [0, 0.05) is 12.6 Å². The van der Waals surface area contributed by atoms with E-state index < -0.39 is 29.9 Å². The van der Waals surface area contributed by atoms with E-state index >= 15 is 0 Å². The Labute approximate surface area is 158 Å². The van der Waals surface area contributed by atoms with Gasteiger partial charge in [-0.25, -0.2) is 4.79 Å². The zero-order chi connectivity index (χ0) is 20.2. The first-order chi connectivity index (χ1) is 12.7. The number of imide groups is 1. The van der Waals surface area contributed by atoms with Crippen molar-refractivity contribution in [1.29, 1.82) is 0 Å². The molecule has 1 aliphatic rings. The van der Waals surface area contributed by atoms with Crippen LogP contribution in [-0.4, -0.2) is 59.2 Å². The Bertz CT molecular complexity index is 734. The lowest BCUT2D eigenvalue weighted by Gasteiger charge is -2.24. The number of hydrogen-bond donors (Lipinski definition) is 2. The van der Waals surface area contributed by atoms with Crippen LogP contribution in [0.15, 0.2) is 30.3 Å². The maximum Gasteiger partial charge on any atom is 0.325 e. The van der Waals surface area contributed by atoms with Crippen molar-refractivity contribution in [2.45, 2.75) is 39.3 Å². The summed E-state index contributed by atoms with van der Waals surface area (Å²) < 4.78 is 0. The fourth-order valence-electron chi connectivity index (χ4n) is 2.96. The van der Waals surface area contributed by atoms with Gasteiger partial charge in [0.25, 0.3) is 5.91 Å². The SMILES string of the molecule is CCN(CC(=O)NC(C)C)C(=O)CN1C(=O)NC(C)(c2ccccc2)C1=O. The van der Waals surface area contributed by atoms with Crippen molar-refractivity contribution in [3.05, 3.63) is 35.9 Å². The highest BCUT2D eigenvalue weighted by atomic mass is 16.2. The van der Waals surface area contributed by atoms with Crippen LogP contribution in [0.1, 0.15) is 33.3 Å². The van der Waals surface area contributed by atoms with E-state index in [1.54, 1.807) is 38.1 Å². The van der Waals surface area contributed by atoms with Crippen LogP contribution in [0, 0.1) is 0 Å². The van der Waals surface area contributed by atoms with Crippen LogP contribution in [0.2, 0.25) is 0 Å². The number of nitrogens with zero attached hydrogens (tertiary/aromatic N) is 2. The number of nitrogens with one attached hydrogen (secondary N) is 2. The molecule has 1 atom stereocenters. The molecule has 0 radical (unpaired) electrons. The third-order valence-corrected chi connectivity index (χ3v) is 4.44. The molecule has 2 N–H and O–H groups in total. The number of carbonyl (C=O) groups excluding carboxylic acids is 4. The highest BCUT2D eigenvalue weighted by Gasteiger charge is 2.49. The Morgan fingerprint density at radius 1 is 1.22 bits per heavy atom. The smallest absolute Gasteiger partial charge is 0.325 e. The monoisotopic (exact) mass is 374 g/mol. The third kappa shape index (κ3) is 4.45. The van der Waals surface area contributed by atoms with Crippen LogP contribution in [0.3, 0.4) is 0 Å².